The molecule has 1 aliphatic heterocycles. The first kappa shape index (κ1) is 19.9. The predicted molar refractivity (Wildman–Crippen MR) is 115 cm³/mol. The average Bonchev–Trinajstić information content (AvgIpc) is 2.74. The molecular formula is C22H24N4O4. The molecule has 0 bridgehead atoms. The van der Waals surface area contributed by atoms with Crippen LogP contribution in [-0.2, 0) is 11.3 Å². The Morgan fingerprint density at radius 2 is 1.83 bits per heavy atom. The van der Waals surface area contributed by atoms with Crippen LogP contribution >= 0.6 is 0 Å². The van der Waals surface area contributed by atoms with Gasteiger partial charge in [0.25, 0.3) is 5.56 Å². The number of hydrogen-bond acceptors (Lipinski definition) is 5. The number of aromatic amines is 1. The summed E-state index contributed by atoms with van der Waals surface area (Å²) in [6.45, 7) is 1.70. The second-order valence-corrected chi connectivity index (χ2v) is 7.74. The number of nitrogens with one attached hydrogen (secondary N) is 1. The molecule has 2 unspecified atom stereocenters. The molecule has 2 aromatic carbocycles. The van der Waals surface area contributed by atoms with Gasteiger partial charge in [-0.3, -0.25) is 14.2 Å². The van der Waals surface area contributed by atoms with Crippen LogP contribution < -0.4 is 17.0 Å². The van der Waals surface area contributed by atoms with Crippen LogP contribution in [0.3, 0.4) is 0 Å². The van der Waals surface area contributed by atoms with E-state index < -0.39 is 17.6 Å². The zero-order valence-corrected chi connectivity index (χ0v) is 16.5. The number of fused-ring (bicyclic) bond motifs is 1. The van der Waals surface area contributed by atoms with Crippen molar-refractivity contribution in [3.8, 4) is 0 Å². The number of H-pyrrole nitrogens is 1. The van der Waals surface area contributed by atoms with E-state index in [0.717, 1.165) is 5.56 Å². The molecule has 1 saturated heterocycles. The number of aromatic nitrogens is 2. The molecule has 4 rings (SSSR count). The lowest BCUT2D eigenvalue weighted by atomic mass is 9.80. The summed E-state index contributed by atoms with van der Waals surface area (Å²) in [5, 5.41) is 10.2. The van der Waals surface area contributed by atoms with Crippen LogP contribution in [0, 0.1) is 5.92 Å². The van der Waals surface area contributed by atoms with Crippen LogP contribution in [0.15, 0.2) is 58.1 Å². The van der Waals surface area contributed by atoms with E-state index in [1.165, 1.54) is 4.57 Å². The molecule has 30 heavy (non-hydrogen) atoms. The first-order valence-electron chi connectivity index (χ1n) is 9.96. The zero-order valence-electron chi connectivity index (χ0n) is 16.5. The molecule has 1 aromatic heterocycles. The number of piperidine rings is 1. The molecular weight excluding hydrogens is 384 g/mol. The minimum Gasteiger partial charge on any atom is -0.481 e. The Labute approximate surface area is 172 Å². The smallest absolute Gasteiger partial charge is 0.328 e. The second kappa shape index (κ2) is 8.16. The summed E-state index contributed by atoms with van der Waals surface area (Å²) < 4.78 is 1.18. The number of nitrogen functional groups attached to an aromatic ring is 1. The number of nitrogens with zero attached hydrogens (tertiary/aromatic N) is 2. The van der Waals surface area contributed by atoms with Crippen LogP contribution in [0.1, 0.15) is 17.9 Å². The van der Waals surface area contributed by atoms with Gasteiger partial charge in [-0.15, -0.1) is 0 Å². The number of para-hydroxylation sites is 1. The van der Waals surface area contributed by atoms with Gasteiger partial charge in [-0.2, -0.15) is 0 Å². The van der Waals surface area contributed by atoms with Crippen molar-refractivity contribution in [1.82, 2.24) is 14.5 Å². The third-order valence-corrected chi connectivity index (χ3v) is 5.91. The van der Waals surface area contributed by atoms with Crippen molar-refractivity contribution >= 4 is 22.6 Å². The van der Waals surface area contributed by atoms with Crippen molar-refractivity contribution in [1.29, 1.82) is 0 Å². The van der Waals surface area contributed by atoms with Gasteiger partial charge >= 0.3 is 11.7 Å². The maximum atomic E-state index is 12.7. The lowest BCUT2D eigenvalue weighted by Crippen LogP contribution is -2.46. The highest BCUT2D eigenvalue weighted by atomic mass is 16.4. The Hall–Kier alpha value is -3.39. The summed E-state index contributed by atoms with van der Waals surface area (Å²) >= 11 is 0. The molecule has 0 spiro atoms. The van der Waals surface area contributed by atoms with Crippen LogP contribution in [-0.4, -0.2) is 45.2 Å². The van der Waals surface area contributed by atoms with Gasteiger partial charge in [0, 0.05) is 25.3 Å². The molecule has 0 aliphatic carbocycles. The second-order valence-electron chi connectivity index (χ2n) is 7.74. The fourth-order valence-electron chi connectivity index (χ4n) is 4.26. The highest BCUT2D eigenvalue weighted by Gasteiger charge is 2.35. The minimum atomic E-state index is -0.845. The standard InChI is InChI=1S/C22H24N4O4/c23-15-7-5-14(6-8-15)16-9-10-25(13-18(16)21(28)29)11-12-26-20(27)17-3-1-2-4-19(17)24-22(26)30/h1-8,16,18H,9-13,23H2,(H,24,30)(H,28,29). The molecule has 3 aromatic rings. The summed E-state index contributed by atoms with van der Waals surface area (Å²) in [6, 6.07) is 14.3. The van der Waals surface area contributed by atoms with Crippen molar-refractivity contribution in [2.24, 2.45) is 5.92 Å². The van der Waals surface area contributed by atoms with E-state index in [-0.39, 0.29) is 18.0 Å². The Kier molecular flexibility index (Phi) is 5.41. The largest absolute Gasteiger partial charge is 0.481 e. The number of carboxylic acid groups (broad SMARTS) is 1. The van der Waals surface area contributed by atoms with Gasteiger partial charge in [-0.05, 0) is 48.7 Å². The van der Waals surface area contributed by atoms with E-state index in [0.29, 0.717) is 42.6 Å². The first-order chi connectivity index (χ1) is 14.4. The quantitative estimate of drug-likeness (QED) is 0.550. The SMILES string of the molecule is Nc1ccc(C2CCN(CCn3c(=O)[nH]c4ccccc4c3=O)CC2C(=O)O)cc1. The number of nitrogens with two attached hydrogens (primary N) is 1. The van der Waals surface area contributed by atoms with Gasteiger partial charge in [-0.25, -0.2) is 4.79 Å². The molecule has 8 nitrogen and oxygen atoms in total. The third-order valence-electron chi connectivity index (χ3n) is 5.91. The molecule has 0 radical (unpaired) electrons. The van der Waals surface area contributed by atoms with Crippen LogP contribution in [0.4, 0.5) is 5.69 Å². The molecule has 156 valence electrons. The molecule has 0 amide bonds. The summed E-state index contributed by atoms with van der Waals surface area (Å²) in [5.74, 6) is -1.50. The van der Waals surface area contributed by atoms with Crippen LogP contribution in [0.2, 0.25) is 0 Å². The van der Waals surface area contributed by atoms with Crippen molar-refractivity contribution < 1.29 is 9.90 Å². The highest BCUT2D eigenvalue weighted by Crippen LogP contribution is 2.33. The van der Waals surface area contributed by atoms with Crippen molar-refractivity contribution in [2.45, 2.75) is 18.9 Å². The van der Waals surface area contributed by atoms with E-state index in [1.54, 1.807) is 36.4 Å². The number of carbonyl (C=O) groups is 1. The lowest BCUT2D eigenvalue weighted by Gasteiger charge is -2.36. The number of rotatable bonds is 5. The fraction of sp³-hybridized carbons (Fsp3) is 0.318. The maximum Gasteiger partial charge on any atom is 0.328 e. The van der Waals surface area contributed by atoms with Gasteiger partial charge in [0.1, 0.15) is 0 Å². The van der Waals surface area contributed by atoms with Gasteiger partial charge in [0.15, 0.2) is 0 Å². The molecule has 2 heterocycles. The number of likely N-dealkylation sites (tertiary alicyclic amines) is 1. The van der Waals surface area contributed by atoms with Crippen LogP contribution in [0.25, 0.3) is 10.9 Å². The fourth-order valence-corrected chi connectivity index (χ4v) is 4.26. The predicted octanol–water partition coefficient (Wildman–Crippen LogP) is 1.46. The van der Waals surface area contributed by atoms with E-state index in [9.17, 15) is 19.5 Å². The number of benzene rings is 2. The van der Waals surface area contributed by atoms with Crippen molar-refractivity contribution in [3.63, 3.8) is 0 Å². The molecule has 8 heteroatoms. The first-order valence-corrected chi connectivity index (χ1v) is 9.96. The summed E-state index contributed by atoms with van der Waals surface area (Å²) in [7, 11) is 0. The van der Waals surface area contributed by atoms with Gasteiger partial charge in [0.05, 0.1) is 16.8 Å². The molecule has 4 N–H and O–H groups in total. The zero-order chi connectivity index (χ0) is 21.3. The number of aliphatic carboxylic acids is 1. The van der Waals surface area contributed by atoms with Crippen molar-refractivity contribution in [3.05, 3.63) is 74.9 Å². The lowest BCUT2D eigenvalue weighted by molar-refractivity contribution is -0.144. The van der Waals surface area contributed by atoms with E-state index >= 15 is 0 Å². The average molecular weight is 408 g/mol. The molecule has 0 saturated carbocycles. The maximum absolute atomic E-state index is 12.7. The number of carboxylic acids is 1. The van der Waals surface area contributed by atoms with Crippen molar-refractivity contribution in [2.75, 3.05) is 25.4 Å². The van der Waals surface area contributed by atoms with E-state index in [1.807, 2.05) is 17.0 Å². The Morgan fingerprint density at radius 1 is 1.10 bits per heavy atom. The minimum absolute atomic E-state index is 0.0915. The number of anilines is 1. The molecule has 1 aliphatic rings. The van der Waals surface area contributed by atoms with E-state index in [4.69, 9.17) is 5.73 Å². The summed E-state index contributed by atoms with van der Waals surface area (Å²) in [6.07, 6.45) is 0.684. The Bertz CT molecular complexity index is 1180. The molecule has 1 fully saturated rings. The normalized spacial score (nSPS) is 19.7. The Balaban J connectivity index is 1.50. The summed E-state index contributed by atoms with van der Waals surface area (Å²) in [5.41, 5.74) is 7.09. The molecule has 2 atom stereocenters. The summed E-state index contributed by atoms with van der Waals surface area (Å²) in [4.78, 5) is 41.7. The third kappa shape index (κ3) is 3.86. The van der Waals surface area contributed by atoms with Gasteiger partial charge in [0.2, 0.25) is 0 Å². The van der Waals surface area contributed by atoms with Gasteiger partial charge in [-0.1, -0.05) is 24.3 Å². The monoisotopic (exact) mass is 408 g/mol. The topological polar surface area (TPSA) is 121 Å². The van der Waals surface area contributed by atoms with Crippen LogP contribution in [0.5, 0.6) is 0 Å². The van der Waals surface area contributed by atoms with Gasteiger partial charge < -0.3 is 20.7 Å². The Morgan fingerprint density at radius 3 is 2.57 bits per heavy atom. The highest BCUT2D eigenvalue weighted by molar-refractivity contribution is 5.76. The van der Waals surface area contributed by atoms with E-state index in [2.05, 4.69) is 4.98 Å². The number of hydrogen-bond donors (Lipinski definition) is 3.